The quantitative estimate of drug-likeness (QED) is 0.881. The van der Waals surface area contributed by atoms with Crippen molar-refractivity contribution in [1.82, 2.24) is 4.90 Å². The molecule has 1 aliphatic rings. The van der Waals surface area contributed by atoms with Gasteiger partial charge >= 0.3 is 5.97 Å². The first-order chi connectivity index (χ1) is 9.90. The van der Waals surface area contributed by atoms with Gasteiger partial charge in [-0.1, -0.05) is 35.0 Å². The molecule has 1 N–H and O–H groups in total. The van der Waals surface area contributed by atoms with Gasteiger partial charge < -0.3 is 10.0 Å². The molecule has 0 aliphatic carbocycles. The number of halogens is 1. The Kier molecular flexibility index (Phi) is 5.32. The van der Waals surface area contributed by atoms with Gasteiger partial charge in [-0.25, -0.2) is 4.79 Å². The topological polar surface area (TPSA) is 57.6 Å². The first kappa shape index (κ1) is 16.4. The minimum absolute atomic E-state index is 0.0674. The maximum atomic E-state index is 12.5. The average Bonchev–Trinajstić information content (AvgIpc) is 2.81. The Morgan fingerprint density at radius 2 is 2.05 bits per heavy atom. The molecule has 0 spiro atoms. The van der Waals surface area contributed by atoms with Crippen LogP contribution >= 0.6 is 27.7 Å². The highest BCUT2D eigenvalue weighted by Crippen LogP contribution is 2.31. The first-order valence-corrected chi connectivity index (χ1v) is 8.65. The second kappa shape index (κ2) is 6.83. The third-order valence-electron chi connectivity index (χ3n) is 3.72. The largest absolute Gasteiger partial charge is 0.480 e. The molecule has 0 bridgehead atoms. The molecule has 3 atom stereocenters. The second-order valence-corrected chi connectivity index (χ2v) is 7.51. The van der Waals surface area contributed by atoms with Gasteiger partial charge in [-0.2, -0.15) is 0 Å². The zero-order valence-corrected chi connectivity index (χ0v) is 14.4. The Bertz CT molecular complexity index is 534. The third kappa shape index (κ3) is 3.80. The number of rotatable bonds is 4. The highest BCUT2D eigenvalue weighted by molar-refractivity contribution is 9.10. The summed E-state index contributed by atoms with van der Waals surface area (Å²) in [6.07, 6.45) is 0.330. The number of carboxylic acid groups (broad SMARTS) is 1. The zero-order valence-electron chi connectivity index (χ0n) is 12.0. The maximum Gasteiger partial charge on any atom is 0.327 e. The van der Waals surface area contributed by atoms with Crippen molar-refractivity contribution >= 4 is 39.6 Å². The van der Waals surface area contributed by atoms with E-state index in [1.807, 2.05) is 38.1 Å². The van der Waals surface area contributed by atoms with Crippen LogP contribution in [-0.2, 0) is 9.59 Å². The molecule has 0 aromatic heterocycles. The number of nitrogens with zero attached hydrogens (tertiary/aromatic N) is 1. The SMILES string of the molecule is CC(CC(=O)N1C(C)SCC1C(=O)O)c1ccc(Br)cc1. The van der Waals surface area contributed by atoms with Gasteiger partial charge in [-0.3, -0.25) is 4.79 Å². The molecule has 0 saturated carbocycles. The summed E-state index contributed by atoms with van der Waals surface area (Å²) >= 11 is 4.90. The van der Waals surface area contributed by atoms with Crippen LogP contribution in [0.5, 0.6) is 0 Å². The van der Waals surface area contributed by atoms with Crippen molar-refractivity contribution in [1.29, 1.82) is 0 Å². The summed E-state index contributed by atoms with van der Waals surface area (Å²) in [7, 11) is 0. The Morgan fingerprint density at radius 3 is 2.62 bits per heavy atom. The highest BCUT2D eigenvalue weighted by atomic mass is 79.9. The van der Waals surface area contributed by atoms with Crippen LogP contribution in [0.1, 0.15) is 31.7 Å². The van der Waals surface area contributed by atoms with Crippen molar-refractivity contribution in [2.75, 3.05) is 5.75 Å². The van der Waals surface area contributed by atoms with E-state index in [1.165, 1.54) is 16.7 Å². The molecule has 114 valence electrons. The molecule has 1 aromatic carbocycles. The predicted octanol–water partition coefficient (Wildman–Crippen LogP) is 3.32. The normalized spacial score (nSPS) is 23.1. The van der Waals surface area contributed by atoms with Crippen LogP contribution in [0.15, 0.2) is 28.7 Å². The third-order valence-corrected chi connectivity index (χ3v) is 5.46. The molecule has 6 heteroatoms. The van der Waals surface area contributed by atoms with Gasteiger partial charge in [0.2, 0.25) is 5.91 Å². The first-order valence-electron chi connectivity index (χ1n) is 6.81. The molecule has 4 nitrogen and oxygen atoms in total. The average molecular weight is 372 g/mol. The lowest BCUT2D eigenvalue weighted by Gasteiger charge is -2.26. The van der Waals surface area contributed by atoms with Crippen molar-refractivity contribution in [3.05, 3.63) is 34.3 Å². The lowest BCUT2D eigenvalue weighted by Crippen LogP contribution is -2.45. The van der Waals surface area contributed by atoms with E-state index >= 15 is 0 Å². The molecule has 1 saturated heterocycles. The molecule has 1 aliphatic heterocycles. The summed E-state index contributed by atoms with van der Waals surface area (Å²) in [5.41, 5.74) is 1.08. The molecule has 2 rings (SSSR count). The van der Waals surface area contributed by atoms with Crippen molar-refractivity contribution in [3.8, 4) is 0 Å². The highest BCUT2D eigenvalue weighted by Gasteiger charge is 2.39. The summed E-state index contributed by atoms with van der Waals surface area (Å²) < 4.78 is 1.00. The van der Waals surface area contributed by atoms with Gasteiger partial charge in [0.05, 0.1) is 5.37 Å². The van der Waals surface area contributed by atoms with Gasteiger partial charge in [0, 0.05) is 16.6 Å². The Hall–Kier alpha value is -1.01. The fourth-order valence-electron chi connectivity index (χ4n) is 2.49. The van der Waals surface area contributed by atoms with E-state index in [-0.39, 0.29) is 17.2 Å². The van der Waals surface area contributed by atoms with E-state index in [2.05, 4.69) is 15.9 Å². The van der Waals surface area contributed by atoms with Crippen LogP contribution in [0, 0.1) is 0 Å². The number of thioether (sulfide) groups is 1. The molecular weight excluding hydrogens is 354 g/mol. The lowest BCUT2D eigenvalue weighted by molar-refractivity contribution is -0.149. The van der Waals surface area contributed by atoms with E-state index < -0.39 is 12.0 Å². The summed E-state index contributed by atoms with van der Waals surface area (Å²) in [4.78, 5) is 25.2. The standard InChI is InChI=1S/C15H18BrNO3S/c1-9(11-3-5-12(16)6-4-11)7-14(18)17-10(2)21-8-13(17)15(19)20/h3-6,9-10,13H,7-8H2,1-2H3,(H,19,20). The molecule has 1 fully saturated rings. The maximum absolute atomic E-state index is 12.5. The van der Waals surface area contributed by atoms with Crippen LogP contribution in [0.2, 0.25) is 0 Å². The minimum atomic E-state index is -0.920. The van der Waals surface area contributed by atoms with Crippen molar-refractivity contribution < 1.29 is 14.7 Å². The smallest absolute Gasteiger partial charge is 0.327 e. The fraction of sp³-hybridized carbons (Fsp3) is 0.467. The molecule has 1 heterocycles. The van der Waals surface area contributed by atoms with Crippen LogP contribution in [0.3, 0.4) is 0 Å². The van der Waals surface area contributed by atoms with Crippen molar-refractivity contribution in [3.63, 3.8) is 0 Å². The number of amides is 1. The fourth-order valence-corrected chi connectivity index (χ4v) is 3.94. The van der Waals surface area contributed by atoms with Gasteiger partial charge in [-0.15, -0.1) is 11.8 Å². The van der Waals surface area contributed by atoms with E-state index in [0.29, 0.717) is 12.2 Å². The number of hydrogen-bond donors (Lipinski definition) is 1. The van der Waals surface area contributed by atoms with E-state index in [9.17, 15) is 14.7 Å². The van der Waals surface area contributed by atoms with Crippen molar-refractivity contribution in [2.24, 2.45) is 0 Å². The number of carboxylic acids is 1. The molecule has 21 heavy (non-hydrogen) atoms. The predicted molar refractivity (Wildman–Crippen MR) is 87.4 cm³/mol. The van der Waals surface area contributed by atoms with Crippen LogP contribution in [0.25, 0.3) is 0 Å². The van der Waals surface area contributed by atoms with E-state index in [1.54, 1.807) is 0 Å². The Morgan fingerprint density at radius 1 is 1.43 bits per heavy atom. The van der Waals surface area contributed by atoms with E-state index in [4.69, 9.17) is 0 Å². The molecule has 0 radical (unpaired) electrons. The number of carbonyl (C=O) groups excluding carboxylic acids is 1. The zero-order chi connectivity index (χ0) is 15.6. The summed E-state index contributed by atoms with van der Waals surface area (Å²) in [5, 5.41) is 9.15. The minimum Gasteiger partial charge on any atom is -0.480 e. The van der Waals surface area contributed by atoms with Gasteiger partial charge in [0.15, 0.2) is 0 Å². The van der Waals surface area contributed by atoms with E-state index in [0.717, 1.165) is 10.0 Å². The molecule has 1 amide bonds. The van der Waals surface area contributed by atoms with Crippen LogP contribution in [0.4, 0.5) is 0 Å². The molecule has 3 unspecified atom stereocenters. The van der Waals surface area contributed by atoms with Crippen molar-refractivity contribution in [2.45, 2.75) is 37.6 Å². The second-order valence-electron chi connectivity index (χ2n) is 5.24. The summed E-state index contributed by atoms with van der Waals surface area (Å²) in [5.74, 6) is -0.473. The Labute approximate surface area is 137 Å². The number of aliphatic carboxylic acids is 1. The summed E-state index contributed by atoms with van der Waals surface area (Å²) in [6.45, 7) is 3.88. The monoisotopic (exact) mass is 371 g/mol. The van der Waals surface area contributed by atoms with Gasteiger partial charge in [-0.05, 0) is 30.5 Å². The van der Waals surface area contributed by atoms with Crippen LogP contribution < -0.4 is 0 Å². The Balaban J connectivity index is 2.06. The number of benzene rings is 1. The number of hydrogen-bond acceptors (Lipinski definition) is 3. The summed E-state index contributed by atoms with van der Waals surface area (Å²) in [6, 6.07) is 7.17. The van der Waals surface area contributed by atoms with Crippen LogP contribution in [-0.4, -0.2) is 39.1 Å². The van der Waals surface area contributed by atoms with Gasteiger partial charge in [0.1, 0.15) is 6.04 Å². The van der Waals surface area contributed by atoms with Gasteiger partial charge in [0.25, 0.3) is 0 Å². The molecule has 1 aromatic rings. The number of carbonyl (C=O) groups is 2. The lowest BCUT2D eigenvalue weighted by atomic mass is 9.97. The molecular formula is C15H18BrNO3S.